The van der Waals surface area contributed by atoms with Crippen molar-refractivity contribution in [1.82, 2.24) is 19.5 Å². The van der Waals surface area contributed by atoms with Crippen LogP contribution in [0.5, 0.6) is 0 Å². The highest BCUT2D eigenvalue weighted by Gasteiger charge is 2.26. The number of rotatable bonds is 6. The van der Waals surface area contributed by atoms with E-state index < -0.39 is 0 Å². The van der Waals surface area contributed by atoms with Crippen LogP contribution in [0.2, 0.25) is 0 Å². The Bertz CT molecular complexity index is 3320. The van der Waals surface area contributed by atoms with Crippen LogP contribution in [-0.4, -0.2) is 19.5 Å². The fraction of sp³-hybridized carbons (Fsp3) is 0. The molecule has 2 aromatic heterocycles. The van der Waals surface area contributed by atoms with Gasteiger partial charge in [0.15, 0.2) is 17.5 Å². The van der Waals surface area contributed by atoms with Crippen LogP contribution in [0.1, 0.15) is 33.4 Å². The molecule has 0 fully saturated rings. The number of hydrogen-bond acceptors (Lipinski definition) is 9. The van der Waals surface area contributed by atoms with Gasteiger partial charge in [-0.15, -0.1) is 0 Å². The Hall–Kier alpha value is -9.71. The third-order valence-electron chi connectivity index (χ3n) is 10.4. The van der Waals surface area contributed by atoms with E-state index in [9.17, 15) is 31.6 Å². The van der Waals surface area contributed by atoms with Crippen molar-refractivity contribution in [3.63, 3.8) is 0 Å². The SMILES string of the molecule is N#Cc1ccc(-c2cc(-c3nc(-c4ccccc4)nc(-c4ccccc4)n3)cc(-c3ccc(C#N)cc3C#N)c2-n2c3ccc(C#N)cc3c3cc(C#N)ccc32)c(C#N)c1. The molecule has 2 heterocycles. The van der Waals surface area contributed by atoms with Gasteiger partial charge in [-0.05, 0) is 72.8 Å². The lowest BCUT2D eigenvalue weighted by Crippen LogP contribution is -2.05. The van der Waals surface area contributed by atoms with Crippen LogP contribution in [0.4, 0.5) is 0 Å². The second-order valence-corrected chi connectivity index (χ2v) is 13.9. The lowest BCUT2D eigenvalue weighted by molar-refractivity contribution is 1.07. The predicted octanol–water partition coefficient (Wildman–Crippen LogP) is 10.5. The lowest BCUT2D eigenvalue weighted by Gasteiger charge is -2.22. The Balaban J connectivity index is 1.49. The predicted molar refractivity (Wildman–Crippen MR) is 230 cm³/mol. The average molecular weight is 777 g/mol. The highest BCUT2D eigenvalue weighted by molar-refractivity contribution is 6.12. The summed E-state index contributed by atoms with van der Waals surface area (Å²) in [6.07, 6.45) is 0. The summed E-state index contributed by atoms with van der Waals surface area (Å²) in [6.45, 7) is 0. The summed E-state index contributed by atoms with van der Waals surface area (Å²) in [5.74, 6) is 1.15. The molecule has 10 nitrogen and oxygen atoms in total. The fourth-order valence-electron chi connectivity index (χ4n) is 7.64. The number of benzene rings is 7. The Kier molecular flexibility index (Phi) is 9.27. The van der Waals surface area contributed by atoms with Gasteiger partial charge in [-0.3, -0.25) is 0 Å². The largest absolute Gasteiger partial charge is 0.308 e. The normalized spacial score (nSPS) is 10.5. The number of nitrogens with zero attached hydrogens (tertiary/aromatic N) is 10. The molecule has 0 saturated heterocycles. The van der Waals surface area contributed by atoms with E-state index in [1.807, 2.05) is 89.5 Å². The summed E-state index contributed by atoms with van der Waals surface area (Å²) in [6, 6.07) is 56.6. The van der Waals surface area contributed by atoms with E-state index in [4.69, 9.17) is 15.0 Å². The molecule has 0 aliphatic carbocycles. The molecule has 0 saturated carbocycles. The molecule has 0 amide bonds. The summed E-state index contributed by atoms with van der Waals surface area (Å²) in [7, 11) is 0. The van der Waals surface area contributed by atoms with Crippen LogP contribution >= 0.6 is 0 Å². The monoisotopic (exact) mass is 776 g/mol. The number of nitriles is 6. The average Bonchev–Trinajstić information content (AvgIpc) is 3.65. The minimum absolute atomic E-state index is 0.216. The van der Waals surface area contributed by atoms with Gasteiger partial charge in [-0.2, -0.15) is 31.6 Å². The zero-order chi connectivity index (χ0) is 42.0. The van der Waals surface area contributed by atoms with Gasteiger partial charge in [-0.1, -0.05) is 72.8 Å². The van der Waals surface area contributed by atoms with Crippen molar-refractivity contribution < 1.29 is 0 Å². The zero-order valence-electron chi connectivity index (χ0n) is 31.8. The highest BCUT2D eigenvalue weighted by Crippen LogP contribution is 2.45. The van der Waals surface area contributed by atoms with Crippen LogP contribution in [0, 0.1) is 68.0 Å². The third kappa shape index (κ3) is 6.50. The van der Waals surface area contributed by atoms with Crippen molar-refractivity contribution in [2.24, 2.45) is 0 Å². The molecule has 61 heavy (non-hydrogen) atoms. The van der Waals surface area contributed by atoms with E-state index in [1.165, 1.54) is 12.1 Å². The first-order valence-corrected chi connectivity index (χ1v) is 18.8. The number of aromatic nitrogens is 4. The van der Waals surface area contributed by atoms with E-state index >= 15 is 0 Å². The minimum Gasteiger partial charge on any atom is -0.308 e. The van der Waals surface area contributed by atoms with Crippen LogP contribution in [0.15, 0.2) is 146 Å². The molecule has 10 heteroatoms. The molecule has 9 rings (SSSR count). The maximum absolute atomic E-state index is 10.7. The topological polar surface area (TPSA) is 186 Å². The molecule has 0 atom stereocenters. The maximum Gasteiger partial charge on any atom is 0.164 e. The van der Waals surface area contributed by atoms with E-state index in [0.29, 0.717) is 95.0 Å². The van der Waals surface area contributed by atoms with Gasteiger partial charge < -0.3 is 4.57 Å². The lowest BCUT2D eigenvalue weighted by atomic mass is 9.88. The second-order valence-electron chi connectivity index (χ2n) is 13.9. The fourth-order valence-corrected chi connectivity index (χ4v) is 7.64. The Morgan fingerprint density at radius 1 is 0.344 bits per heavy atom. The molecule has 0 radical (unpaired) electrons. The summed E-state index contributed by atoms with van der Waals surface area (Å²) in [5.41, 5.74) is 7.79. The Morgan fingerprint density at radius 2 is 0.721 bits per heavy atom. The zero-order valence-corrected chi connectivity index (χ0v) is 31.8. The van der Waals surface area contributed by atoms with Crippen LogP contribution in [-0.2, 0) is 0 Å². The standard InChI is InChI=1S/C51H24N10/c52-25-31-11-15-40(38(19-31)29-56)44-23-37(51-59-49(35-7-3-1-4-8-35)58-50(60-51)36-9-5-2-6-10-36)24-45(41-16-12-32(26-53)20-39(41)30-57)48(44)61-46-17-13-33(27-54)21-42(46)43-22-34(28-55)14-18-47(43)61/h1-24H. The molecule has 7 aromatic carbocycles. The van der Waals surface area contributed by atoms with E-state index in [0.717, 1.165) is 11.1 Å². The maximum atomic E-state index is 10.7. The van der Waals surface area contributed by atoms with Crippen LogP contribution in [0.3, 0.4) is 0 Å². The van der Waals surface area contributed by atoms with E-state index in [-0.39, 0.29) is 11.1 Å². The molecule has 0 unspecified atom stereocenters. The Morgan fingerprint density at radius 3 is 1.11 bits per heavy atom. The van der Waals surface area contributed by atoms with Crippen LogP contribution < -0.4 is 0 Å². The van der Waals surface area contributed by atoms with Gasteiger partial charge >= 0.3 is 0 Å². The summed E-state index contributed by atoms with van der Waals surface area (Å²) >= 11 is 0. The second kappa shape index (κ2) is 15.3. The molecular weight excluding hydrogens is 753 g/mol. The first-order chi connectivity index (χ1) is 29.9. The van der Waals surface area contributed by atoms with Crippen molar-refractivity contribution >= 4 is 21.8 Å². The van der Waals surface area contributed by atoms with Crippen molar-refractivity contribution in [2.75, 3.05) is 0 Å². The molecule has 0 aliphatic rings. The van der Waals surface area contributed by atoms with Gasteiger partial charge in [0.2, 0.25) is 0 Å². The summed E-state index contributed by atoms with van der Waals surface area (Å²) in [5, 5.41) is 62.5. The van der Waals surface area contributed by atoms with Crippen molar-refractivity contribution in [2.45, 2.75) is 0 Å². The number of fused-ring (bicyclic) bond motifs is 3. The molecule has 9 aromatic rings. The van der Waals surface area contributed by atoms with E-state index in [2.05, 4.69) is 36.4 Å². The summed E-state index contributed by atoms with van der Waals surface area (Å²) < 4.78 is 2.00. The van der Waals surface area contributed by atoms with Gasteiger partial charge in [0.1, 0.15) is 0 Å². The molecular formula is C51H24N10. The highest BCUT2D eigenvalue weighted by atomic mass is 15.0. The van der Waals surface area contributed by atoms with Crippen molar-refractivity contribution in [1.29, 1.82) is 31.6 Å². The van der Waals surface area contributed by atoms with Gasteiger partial charge in [0, 0.05) is 49.7 Å². The van der Waals surface area contributed by atoms with Gasteiger partial charge in [-0.25, -0.2) is 15.0 Å². The Labute approximate surface area is 349 Å². The molecule has 0 bridgehead atoms. The van der Waals surface area contributed by atoms with Gasteiger partial charge in [0.05, 0.1) is 86.5 Å². The molecule has 278 valence electrons. The third-order valence-corrected chi connectivity index (χ3v) is 10.4. The smallest absolute Gasteiger partial charge is 0.164 e. The molecule has 0 aliphatic heterocycles. The summed E-state index contributed by atoms with van der Waals surface area (Å²) in [4.78, 5) is 15.0. The van der Waals surface area contributed by atoms with E-state index in [1.54, 1.807) is 48.5 Å². The van der Waals surface area contributed by atoms with Crippen molar-refractivity contribution in [3.05, 3.63) is 179 Å². The molecule has 0 spiro atoms. The first-order valence-electron chi connectivity index (χ1n) is 18.8. The first kappa shape index (κ1) is 36.9. The number of hydrogen-bond donors (Lipinski definition) is 0. The van der Waals surface area contributed by atoms with Gasteiger partial charge in [0.25, 0.3) is 0 Å². The van der Waals surface area contributed by atoms with Crippen LogP contribution in [0.25, 0.3) is 83.9 Å². The quantitative estimate of drug-likeness (QED) is 0.158. The van der Waals surface area contributed by atoms with Crippen molar-refractivity contribution in [3.8, 4) is 98.5 Å². The molecule has 0 N–H and O–H groups in total. The minimum atomic E-state index is 0.216.